The van der Waals surface area contributed by atoms with Gasteiger partial charge < -0.3 is 14.8 Å². The van der Waals surface area contributed by atoms with Crippen molar-refractivity contribution in [1.29, 1.82) is 0 Å². The van der Waals surface area contributed by atoms with Crippen molar-refractivity contribution < 1.29 is 14.0 Å². The minimum atomic E-state index is -0.532. The van der Waals surface area contributed by atoms with E-state index in [2.05, 4.69) is 16.0 Å². The van der Waals surface area contributed by atoms with Crippen LogP contribution in [0.1, 0.15) is 15.9 Å². The van der Waals surface area contributed by atoms with Gasteiger partial charge in [0, 0.05) is 47.3 Å². The third kappa shape index (κ3) is 4.43. The first-order valence-corrected chi connectivity index (χ1v) is 12.2. The number of thioether (sulfide) groups is 1. The Kier molecular flexibility index (Phi) is 6.36. The van der Waals surface area contributed by atoms with Crippen LogP contribution in [0.3, 0.4) is 0 Å². The van der Waals surface area contributed by atoms with Crippen molar-refractivity contribution in [3.8, 4) is 0 Å². The predicted octanol–water partition coefficient (Wildman–Crippen LogP) is 4.89. The number of para-hydroxylation sites is 2. The summed E-state index contributed by atoms with van der Waals surface area (Å²) in [7, 11) is 0. The molecule has 1 N–H and O–H groups in total. The number of rotatable bonds is 7. The minimum absolute atomic E-state index is 0.0399. The number of hydrogen-bond acceptors (Lipinski definition) is 3. The molecule has 0 bridgehead atoms. The number of anilines is 1. The monoisotopic (exact) mass is 473 g/mol. The first kappa shape index (κ1) is 22.2. The zero-order valence-electron chi connectivity index (χ0n) is 18.5. The summed E-state index contributed by atoms with van der Waals surface area (Å²) in [6, 6.07) is 22.0. The normalized spacial score (nSPS) is 12.7. The van der Waals surface area contributed by atoms with Crippen LogP contribution in [0.4, 0.5) is 10.1 Å². The molecule has 0 aliphatic carbocycles. The molecule has 0 radical (unpaired) electrons. The Morgan fingerprint density at radius 3 is 2.62 bits per heavy atom. The number of hydrogen-bond donors (Lipinski definition) is 1. The van der Waals surface area contributed by atoms with Gasteiger partial charge in [-0.1, -0.05) is 48.5 Å². The first-order valence-electron chi connectivity index (χ1n) is 11.2. The summed E-state index contributed by atoms with van der Waals surface area (Å²) in [6.45, 7) is 1.62. The van der Waals surface area contributed by atoms with Crippen molar-refractivity contribution in [1.82, 2.24) is 9.88 Å². The molecule has 5 nitrogen and oxygen atoms in total. The van der Waals surface area contributed by atoms with E-state index in [1.54, 1.807) is 12.1 Å². The van der Waals surface area contributed by atoms with Crippen LogP contribution >= 0.6 is 11.8 Å². The average molecular weight is 474 g/mol. The van der Waals surface area contributed by atoms with Crippen LogP contribution in [0.5, 0.6) is 0 Å². The number of amides is 2. The second kappa shape index (κ2) is 9.73. The number of nitrogens with zero attached hydrogens (tertiary/aromatic N) is 2. The number of halogens is 1. The van der Waals surface area contributed by atoms with Gasteiger partial charge in [-0.3, -0.25) is 9.59 Å². The third-order valence-electron chi connectivity index (χ3n) is 6.05. The molecule has 0 saturated heterocycles. The molecule has 172 valence electrons. The molecule has 34 heavy (non-hydrogen) atoms. The molecule has 4 aromatic rings. The summed E-state index contributed by atoms with van der Waals surface area (Å²) in [5.74, 6) is -0.508. The summed E-state index contributed by atoms with van der Waals surface area (Å²) < 4.78 is 15.9. The molecule has 5 rings (SSSR count). The topological polar surface area (TPSA) is 54.3 Å². The molecular weight excluding hydrogens is 449 g/mol. The smallest absolute Gasteiger partial charge is 0.254 e. The summed E-state index contributed by atoms with van der Waals surface area (Å²) in [6.07, 6.45) is 2.92. The standard InChI is InChI=1S/C27H24FN3O2S/c28-22-10-4-2-8-20(22)27(33)29-14-16-30-17-25(21-9-3-6-12-24(21)30)34-18-26(32)31-15-13-19-7-1-5-11-23(19)31/h1-12,17H,13-16,18H2,(H,29,33). The fraction of sp³-hybridized carbons (Fsp3) is 0.185. The van der Waals surface area contributed by atoms with Gasteiger partial charge in [0.25, 0.3) is 5.91 Å². The number of fused-ring (bicyclic) bond motifs is 2. The van der Waals surface area contributed by atoms with E-state index in [0.29, 0.717) is 18.8 Å². The Bertz CT molecular complexity index is 1370. The van der Waals surface area contributed by atoms with E-state index in [1.165, 1.54) is 29.5 Å². The molecule has 2 heterocycles. The van der Waals surface area contributed by atoms with Gasteiger partial charge >= 0.3 is 0 Å². The van der Waals surface area contributed by atoms with E-state index >= 15 is 0 Å². The van der Waals surface area contributed by atoms with E-state index in [1.807, 2.05) is 53.6 Å². The lowest BCUT2D eigenvalue weighted by atomic mass is 10.2. The molecule has 1 aliphatic rings. The maximum Gasteiger partial charge on any atom is 0.254 e. The van der Waals surface area contributed by atoms with Crippen molar-refractivity contribution in [3.05, 3.63) is 95.9 Å². The largest absolute Gasteiger partial charge is 0.350 e. The van der Waals surface area contributed by atoms with Crippen LogP contribution in [-0.2, 0) is 17.8 Å². The highest BCUT2D eigenvalue weighted by atomic mass is 32.2. The zero-order chi connectivity index (χ0) is 23.5. The van der Waals surface area contributed by atoms with Crippen LogP contribution in [0.25, 0.3) is 10.9 Å². The van der Waals surface area contributed by atoms with Crippen LogP contribution in [0.2, 0.25) is 0 Å². The van der Waals surface area contributed by atoms with Crippen molar-refractivity contribution in [2.75, 3.05) is 23.7 Å². The number of benzene rings is 3. The Morgan fingerprint density at radius 1 is 0.971 bits per heavy atom. The SMILES string of the molecule is O=C(NCCn1cc(SCC(=O)N2CCc3ccccc32)c2ccccc21)c1ccccc1F. The van der Waals surface area contributed by atoms with Gasteiger partial charge in [0.1, 0.15) is 5.82 Å². The van der Waals surface area contributed by atoms with Crippen molar-refractivity contribution in [3.63, 3.8) is 0 Å². The molecular formula is C27H24FN3O2S. The second-order valence-corrected chi connectivity index (χ2v) is 9.17. The molecule has 1 aliphatic heterocycles. The Balaban J connectivity index is 1.25. The van der Waals surface area contributed by atoms with Gasteiger partial charge in [-0.15, -0.1) is 11.8 Å². The summed E-state index contributed by atoms with van der Waals surface area (Å²) in [5.41, 5.74) is 3.30. The molecule has 0 unspecified atom stereocenters. The van der Waals surface area contributed by atoms with Gasteiger partial charge in [0.2, 0.25) is 5.91 Å². The number of carbonyl (C=O) groups is 2. The molecule has 0 atom stereocenters. The lowest BCUT2D eigenvalue weighted by Gasteiger charge is -2.16. The van der Waals surface area contributed by atoms with Crippen molar-refractivity contribution >= 4 is 40.2 Å². The van der Waals surface area contributed by atoms with E-state index < -0.39 is 11.7 Å². The van der Waals surface area contributed by atoms with Crippen molar-refractivity contribution in [2.45, 2.75) is 17.9 Å². The maximum atomic E-state index is 13.8. The van der Waals surface area contributed by atoms with E-state index in [4.69, 9.17) is 0 Å². The molecule has 0 saturated carbocycles. The highest BCUT2D eigenvalue weighted by Gasteiger charge is 2.24. The number of nitrogens with one attached hydrogen (secondary N) is 1. The Morgan fingerprint density at radius 2 is 1.74 bits per heavy atom. The molecule has 3 aromatic carbocycles. The lowest BCUT2D eigenvalue weighted by Crippen LogP contribution is -2.30. The Hall–Kier alpha value is -3.58. The summed E-state index contributed by atoms with van der Waals surface area (Å²) in [4.78, 5) is 28.2. The van der Waals surface area contributed by atoms with Crippen LogP contribution < -0.4 is 10.2 Å². The average Bonchev–Trinajstić information content (AvgIpc) is 3.45. The molecule has 0 fully saturated rings. The highest BCUT2D eigenvalue weighted by Crippen LogP contribution is 2.32. The summed E-state index contributed by atoms with van der Waals surface area (Å²) >= 11 is 1.53. The van der Waals surface area contributed by atoms with Gasteiger partial charge in [0.15, 0.2) is 0 Å². The number of aromatic nitrogens is 1. The van der Waals surface area contributed by atoms with Gasteiger partial charge in [0.05, 0.1) is 11.3 Å². The third-order valence-corrected chi connectivity index (χ3v) is 7.08. The zero-order valence-corrected chi connectivity index (χ0v) is 19.4. The van der Waals surface area contributed by atoms with Gasteiger partial charge in [-0.2, -0.15) is 0 Å². The van der Waals surface area contributed by atoms with E-state index in [-0.39, 0.29) is 11.5 Å². The Labute approximate surface area is 201 Å². The highest BCUT2D eigenvalue weighted by molar-refractivity contribution is 8.00. The maximum absolute atomic E-state index is 13.8. The molecule has 0 spiro atoms. The number of carbonyl (C=O) groups excluding carboxylic acids is 2. The van der Waals surface area contributed by atoms with Crippen LogP contribution in [-0.4, -0.2) is 35.2 Å². The van der Waals surface area contributed by atoms with Gasteiger partial charge in [-0.05, 0) is 36.2 Å². The lowest BCUT2D eigenvalue weighted by molar-refractivity contribution is -0.116. The quantitative estimate of drug-likeness (QED) is 0.389. The predicted molar refractivity (Wildman–Crippen MR) is 134 cm³/mol. The summed E-state index contributed by atoms with van der Waals surface area (Å²) in [5, 5.41) is 3.86. The first-order chi connectivity index (χ1) is 16.6. The fourth-order valence-electron chi connectivity index (χ4n) is 4.36. The van der Waals surface area contributed by atoms with Crippen LogP contribution in [0, 0.1) is 5.82 Å². The van der Waals surface area contributed by atoms with Crippen molar-refractivity contribution in [2.24, 2.45) is 0 Å². The molecule has 2 amide bonds. The van der Waals surface area contributed by atoms with E-state index in [9.17, 15) is 14.0 Å². The second-order valence-electron chi connectivity index (χ2n) is 8.15. The minimum Gasteiger partial charge on any atom is -0.350 e. The fourth-order valence-corrected chi connectivity index (χ4v) is 5.32. The van der Waals surface area contributed by atoms with Gasteiger partial charge in [-0.25, -0.2) is 4.39 Å². The van der Waals surface area contributed by atoms with E-state index in [0.717, 1.165) is 34.5 Å². The molecule has 7 heteroatoms. The van der Waals surface area contributed by atoms with Crippen LogP contribution in [0.15, 0.2) is 83.9 Å². The molecule has 1 aromatic heterocycles.